The lowest BCUT2D eigenvalue weighted by Gasteiger charge is -1.94. The molecule has 0 unspecified atom stereocenters. The second-order valence-corrected chi connectivity index (χ2v) is 2.80. The van der Waals surface area contributed by atoms with E-state index in [1.165, 1.54) is 0 Å². The van der Waals surface area contributed by atoms with Gasteiger partial charge in [0.15, 0.2) is 0 Å². The van der Waals surface area contributed by atoms with Gasteiger partial charge in [0, 0.05) is 12.0 Å². The largest absolute Gasteiger partial charge is 0.459 e. The maximum Gasteiger partial charge on any atom is 0.134 e. The van der Waals surface area contributed by atoms with Crippen LogP contribution < -0.4 is 0 Å². The lowest BCUT2D eigenvalue weighted by molar-refractivity contribution is 0.132. The number of benzene rings is 1. The molecule has 0 atom stereocenters. The maximum atomic E-state index is 5.52. The van der Waals surface area contributed by atoms with Crippen molar-refractivity contribution < 1.29 is 9.15 Å². The third kappa shape index (κ3) is 1.73. The normalized spacial score (nSPS) is 10.8. The number of hydrogen-bond donors (Lipinski definition) is 0. The number of rotatable bonds is 3. The van der Waals surface area contributed by atoms with E-state index in [9.17, 15) is 0 Å². The molecule has 0 bridgehead atoms. The first kappa shape index (κ1) is 8.32. The molecular weight excluding hydrogens is 164 g/mol. The Morgan fingerprint density at radius 1 is 1.31 bits per heavy atom. The van der Waals surface area contributed by atoms with Crippen LogP contribution in [-0.4, -0.2) is 6.61 Å². The molecule has 0 aliphatic heterocycles. The lowest BCUT2D eigenvalue weighted by Crippen LogP contribution is -1.88. The van der Waals surface area contributed by atoms with Crippen molar-refractivity contribution in [1.29, 1.82) is 0 Å². The summed E-state index contributed by atoms with van der Waals surface area (Å²) < 4.78 is 10.7. The summed E-state index contributed by atoms with van der Waals surface area (Å²) >= 11 is 0. The maximum absolute atomic E-state index is 5.52. The van der Waals surface area contributed by atoms with Gasteiger partial charge in [-0.05, 0) is 19.1 Å². The second-order valence-electron chi connectivity index (χ2n) is 2.80. The van der Waals surface area contributed by atoms with Gasteiger partial charge in [0.25, 0.3) is 0 Å². The van der Waals surface area contributed by atoms with E-state index in [0.717, 1.165) is 16.7 Å². The SMILES string of the molecule is [CH2]COCc1cc2ccccc2o1. The van der Waals surface area contributed by atoms with Crippen molar-refractivity contribution in [3.63, 3.8) is 0 Å². The van der Waals surface area contributed by atoms with E-state index in [2.05, 4.69) is 6.92 Å². The van der Waals surface area contributed by atoms with E-state index in [-0.39, 0.29) is 0 Å². The van der Waals surface area contributed by atoms with Crippen molar-refractivity contribution in [2.75, 3.05) is 6.61 Å². The van der Waals surface area contributed by atoms with Crippen molar-refractivity contribution in [3.05, 3.63) is 43.0 Å². The molecule has 0 saturated carbocycles. The molecule has 0 amide bonds. The quantitative estimate of drug-likeness (QED) is 0.715. The highest BCUT2D eigenvalue weighted by Gasteiger charge is 2.01. The van der Waals surface area contributed by atoms with Crippen LogP contribution in [0.4, 0.5) is 0 Å². The molecule has 1 radical (unpaired) electrons. The standard InChI is InChI=1S/C11H11O2/c1-2-12-8-10-7-9-5-3-4-6-11(9)13-10/h3-7H,1-2,8H2. The van der Waals surface area contributed by atoms with Gasteiger partial charge in [-0.1, -0.05) is 18.2 Å². The molecule has 2 aromatic rings. The number of fused-ring (bicyclic) bond motifs is 1. The van der Waals surface area contributed by atoms with E-state index >= 15 is 0 Å². The topological polar surface area (TPSA) is 22.4 Å². The van der Waals surface area contributed by atoms with Gasteiger partial charge >= 0.3 is 0 Å². The highest BCUT2D eigenvalue weighted by molar-refractivity contribution is 5.77. The van der Waals surface area contributed by atoms with Gasteiger partial charge < -0.3 is 9.15 Å². The van der Waals surface area contributed by atoms with Crippen molar-refractivity contribution in [3.8, 4) is 0 Å². The summed E-state index contributed by atoms with van der Waals surface area (Å²) in [5.74, 6) is 0.852. The molecule has 1 heterocycles. The number of para-hydroxylation sites is 1. The highest BCUT2D eigenvalue weighted by Crippen LogP contribution is 2.18. The fraction of sp³-hybridized carbons (Fsp3) is 0.182. The third-order valence-electron chi connectivity index (χ3n) is 1.87. The Morgan fingerprint density at radius 3 is 2.92 bits per heavy atom. The molecule has 2 heteroatoms. The molecule has 2 rings (SSSR count). The molecule has 1 aromatic heterocycles. The summed E-state index contributed by atoms with van der Waals surface area (Å²) in [5.41, 5.74) is 0.908. The van der Waals surface area contributed by atoms with Crippen LogP contribution >= 0.6 is 0 Å². The Balaban J connectivity index is 2.28. The van der Waals surface area contributed by atoms with Crippen LogP contribution in [0.25, 0.3) is 11.0 Å². The molecular formula is C11H11O2. The molecule has 1 aromatic carbocycles. The van der Waals surface area contributed by atoms with E-state index in [1.54, 1.807) is 0 Å². The Morgan fingerprint density at radius 2 is 2.15 bits per heavy atom. The molecule has 0 aliphatic carbocycles. The minimum atomic E-state index is 0.469. The Bertz CT molecular complexity index is 357. The summed E-state index contributed by atoms with van der Waals surface area (Å²) in [5, 5.41) is 1.12. The molecule has 0 saturated heterocycles. The number of hydrogen-bond acceptors (Lipinski definition) is 2. The average Bonchev–Trinajstić information content (AvgIpc) is 2.57. The van der Waals surface area contributed by atoms with Crippen LogP contribution in [0.1, 0.15) is 5.76 Å². The first-order valence-electron chi connectivity index (χ1n) is 4.24. The third-order valence-corrected chi connectivity index (χ3v) is 1.87. The smallest absolute Gasteiger partial charge is 0.134 e. The van der Waals surface area contributed by atoms with Gasteiger partial charge in [-0.3, -0.25) is 0 Å². The predicted molar refractivity (Wildman–Crippen MR) is 51.2 cm³/mol. The predicted octanol–water partition coefficient (Wildman–Crippen LogP) is 2.78. The zero-order valence-corrected chi connectivity index (χ0v) is 7.32. The summed E-state index contributed by atoms with van der Waals surface area (Å²) in [7, 11) is 0. The first-order chi connectivity index (χ1) is 6.40. The molecule has 13 heavy (non-hydrogen) atoms. The summed E-state index contributed by atoms with van der Waals surface area (Å²) in [4.78, 5) is 0. The molecule has 0 N–H and O–H groups in total. The fourth-order valence-electron chi connectivity index (χ4n) is 1.28. The van der Waals surface area contributed by atoms with Crippen LogP contribution in [0.2, 0.25) is 0 Å². The summed E-state index contributed by atoms with van der Waals surface area (Å²) in [6.07, 6.45) is 0. The van der Waals surface area contributed by atoms with Gasteiger partial charge in [0.1, 0.15) is 18.0 Å². The molecule has 67 valence electrons. The summed E-state index contributed by atoms with van der Waals surface area (Å²) in [6, 6.07) is 9.91. The minimum absolute atomic E-state index is 0.469. The Labute approximate surface area is 77.1 Å². The van der Waals surface area contributed by atoms with Crippen molar-refractivity contribution >= 4 is 11.0 Å². The molecule has 0 fully saturated rings. The monoisotopic (exact) mass is 175 g/mol. The zero-order chi connectivity index (χ0) is 9.10. The fourth-order valence-corrected chi connectivity index (χ4v) is 1.28. The van der Waals surface area contributed by atoms with E-state index in [4.69, 9.17) is 9.15 Å². The van der Waals surface area contributed by atoms with Crippen molar-refractivity contribution in [2.45, 2.75) is 6.61 Å². The van der Waals surface area contributed by atoms with E-state index in [0.29, 0.717) is 13.2 Å². The van der Waals surface area contributed by atoms with Gasteiger partial charge in [-0.15, -0.1) is 0 Å². The van der Waals surface area contributed by atoms with E-state index in [1.807, 2.05) is 30.3 Å². The van der Waals surface area contributed by atoms with E-state index < -0.39 is 0 Å². The van der Waals surface area contributed by atoms with Crippen molar-refractivity contribution in [1.82, 2.24) is 0 Å². The van der Waals surface area contributed by atoms with Gasteiger partial charge in [0.05, 0.1) is 0 Å². The van der Waals surface area contributed by atoms with Crippen LogP contribution in [0, 0.1) is 6.92 Å². The average molecular weight is 175 g/mol. The minimum Gasteiger partial charge on any atom is -0.459 e. The molecule has 2 nitrogen and oxygen atoms in total. The molecule has 0 aliphatic rings. The van der Waals surface area contributed by atoms with Crippen LogP contribution in [0.3, 0.4) is 0 Å². The van der Waals surface area contributed by atoms with Crippen molar-refractivity contribution in [2.24, 2.45) is 0 Å². The number of furan rings is 1. The highest BCUT2D eigenvalue weighted by atomic mass is 16.5. The van der Waals surface area contributed by atoms with Crippen LogP contribution in [0.15, 0.2) is 34.7 Å². The van der Waals surface area contributed by atoms with Gasteiger partial charge in [0.2, 0.25) is 0 Å². The second kappa shape index (κ2) is 3.62. The Hall–Kier alpha value is -1.28. The van der Waals surface area contributed by atoms with Crippen LogP contribution in [0.5, 0.6) is 0 Å². The van der Waals surface area contributed by atoms with Gasteiger partial charge in [-0.25, -0.2) is 0 Å². The lowest BCUT2D eigenvalue weighted by atomic mass is 10.2. The summed E-state index contributed by atoms with van der Waals surface area (Å²) in [6.45, 7) is 4.56. The zero-order valence-electron chi connectivity index (χ0n) is 7.32. The Kier molecular flexibility index (Phi) is 2.32. The first-order valence-corrected chi connectivity index (χ1v) is 4.24. The molecule has 0 spiro atoms. The number of ether oxygens (including phenoxy) is 1. The van der Waals surface area contributed by atoms with Crippen LogP contribution in [-0.2, 0) is 11.3 Å². The van der Waals surface area contributed by atoms with Gasteiger partial charge in [-0.2, -0.15) is 0 Å².